The van der Waals surface area contributed by atoms with Gasteiger partial charge in [-0.1, -0.05) is 71.9 Å². The Morgan fingerprint density at radius 1 is 1.00 bits per heavy atom. The molecule has 3 aromatic rings. The largest absolute Gasteiger partial charge is 0.351 e. The summed E-state index contributed by atoms with van der Waals surface area (Å²) in [7, 11) is 0. The minimum absolute atomic E-state index is 0.0897. The molecule has 0 fully saturated rings. The molecule has 0 aliphatic carbocycles. The Balaban J connectivity index is 1.64. The van der Waals surface area contributed by atoms with Crippen LogP contribution in [-0.2, 0) is 20.8 Å². The van der Waals surface area contributed by atoms with Crippen LogP contribution in [-0.4, -0.2) is 37.9 Å². The van der Waals surface area contributed by atoms with Crippen molar-refractivity contribution in [3.05, 3.63) is 100.0 Å². The minimum atomic E-state index is -0.503. The lowest BCUT2D eigenvalue weighted by Crippen LogP contribution is -2.36. The fourth-order valence-electron chi connectivity index (χ4n) is 4.12. The number of ether oxygens (including phenoxy) is 2. The molecular weight excluding hydrogens is 484 g/mol. The maximum Gasteiger partial charge on any atom is 0.265 e. The molecule has 3 aromatic carbocycles. The Morgan fingerprint density at radius 2 is 1.76 bits per heavy atom. The van der Waals surface area contributed by atoms with Gasteiger partial charge in [0.2, 0.25) is 0 Å². The second-order valence-electron chi connectivity index (χ2n) is 8.63. The maximum absolute atomic E-state index is 13.7. The molecule has 0 bridgehead atoms. The third-order valence-electron chi connectivity index (χ3n) is 5.84. The van der Waals surface area contributed by atoms with Gasteiger partial charge in [0, 0.05) is 23.7 Å². The lowest BCUT2D eigenvalue weighted by Gasteiger charge is -2.31. The van der Waals surface area contributed by atoms with Gasteiger partial charge in [-0.2, -0.15) is 0 Å². The maximum atomic E-state index is 13.7. The molecule has 2 amide bonds. The summed E-state index contributed by atoms with van der Waals surface area (Å²) in [4.78, 5) is 30.0. The Morgan fingerprint density at radius 3 is 2.46 bits per heavy atom. The van der Waals surface area contributed by atoms with E-state index in [1.165, 1.54) is 11.8 Å². The fourth-order valence-corrected chi connectivity index (χ4v) is 5.16. The van der Waals surface area contributed by atoms with E-state index in [4.69, 9.17) is 9.47 Å². The van der Waals surface area contributed by atoms with Crippen LogP contribution in [0.5, 0.6) is 0 Å². The molecule has 7 heteroatoms. The summed E-state index contributed by atoms with van der Waals surface area (Å²) >= 11 is 1.43. The Bertz CT molecular complexity index is 1270. The average molecular weight is 517 g/mol. The normalized spacial score (nSPS) is 14.2. The monoisotopic (exact) mass is 516 g/mol. The Kier molecular flexibility index (Phi) is 9.17. The van der Waals surface area contributed by atoms with Gasteiger partial charge in [0.25, 0.3) is 11.8 Å². The summed E-state index contributed by atoms with van der Waals surface area (Å²) in [6, 6.07) is 23.4. The van der Waals surface area contributed by atoms with Gasteiger partial charge in [-0.25, -0.2) is 0 Å². The summed E-state index contributed by atoms with van der Waals surface area (Å²) in [5.74, 6) is -0.334. The van der Waals surface area contributed by atoms with Gasteiger partial charge in [-0.3, -0.25) is 9.59 Å². The van der Waals surface area contributed by atoms with Crippen molar-refractivity contribution in [1.82, 2.24) is 5.32 Å². The third kappa shape index (κ3) is 6.89. The summed E-state index contributed by atoms with van der Waals surface area (Å²) in [6.45, 7) is 7.43. The number of aryl methyl sites for hydroxylation is 1. The number of benzene rings is 3. The van der Waals surface area contributed by atoms with E-state index >= 15 is 0 Å². The van der Waals surface area contributed by atoms with Crippen LogP contribution < -0.4 is 10.2 Å². The first-order valence-corrected chi connectivity index (χ1v) is 13.3. The van der Waals surface area contributed by atoms with Crippen molar-refractivity contribution in [1.29, 1.82) is 0 Å². The molecule has 0 saturated carbocycles. The highest BCUT2D eigenvalue weighted by molar-refractivity contribution is 8.04. The van der Waals surface area contributed by atoms with Gasteiger partial charge in [0.05, 0.1) is 23.7 Å². The SMILES string of the molecule is CCOC(CNC(=O)c1ccc2c(c1)N(Cc1cccc(C)c1)C(=O)/C(=C/c1ccccc1)S2)OCC. The predicted octanol–water partition coefficient (Wildman–Crippen LogP) is 5.80. The van der Waals surface area contributed by atoms with Crippen molar-refractivity contribution >= 4 is 35.3 Å². The van der Waals surface area contributed by atoms with E-state index in [9.17, 15) is 9.59 Å². The molecule has 0 unspecified atom stereocenters. The van der Waals surface area contributed by atoms with Crippen LogP contribution in [0.25, 0.3) is 6.08 Å². The molecule has 0 aromatic heterocycles. The number of hydrogen-bond acceptors (Lipinski definition) is 5. The first-order chi connectivity index (χ1) is 18.0. The van der Waals surface area contributed by atoms with Gasteiger partial charge in [-0.15, -0.1) is 0 Å². The topological polar surface area (TPSA) is 67.9 Å². The molecule has 0 spiro atoms. The summed E-state index contributed by atoms with van der Waals surface area (Å²) in [5, 5.41) is 2.89. The molecule has 0 atom stereocenters. The highest BCUT2D eigenvalue weighted by Crippen LogP contribution is 2.43. The Hall–Kier alpha value is -3.39. The van der Waals surface area contributed by atoms with Crippen LogP contribution >= 0.6 is 11.8 Å². The highest BCUT2D eigenvalue weighted by Gasteiger charge is 2.30. The predicted molar refractivity (Wildman–Crippen MR) is 148 cm³/mol. The molecule has 0 radical (unpaired) electrons. The van der Waals surface area contributed by atoms with Gasteiger partial charge in [0.1, 0.15) is 0 Å². The van der Waals surface area contributed by atoms with Crippen molar-refractivity contribution in [2.75, 3.05) is 24.7 Å². The van der Waals surface area contributed by atoms with Crippen LogP contribution in [0.15, 0.2) is 82.6 Å². The van der Waals surface area contributed by atoms with E-state index in [1.54, 1.807) is 17.0 Å². The van der Waals surface area contributed by atoms with Crippen LogP contribution in [0.3, 0.4) is 0 Å². The second-order valence-corrected chi connectivity index (χ2v) is 9.72. The quantitative estimate of drug-likeness (QED) is 0.272. The zero-order valence-electron chi connectivity index (χ0n) is 21.4. The molecule has 1 aliphatic heterocycles. The minimum Gasteiger partial charge on any atom is -0.351 e. The van der Waals surface area contributed by atoms with E-state index in [0.29, 0.717) is 30.2 Å². The van der Waals surface area contributed by atoms with Crippen LogP contribution in [0.4, 0.5) is 5.69 Å². The van der Waals surface area contributed by atoms with Gasteiger partial charge >= 0.3 is 0 Å². The summed E-state index contributed by atoms with van der Waals surface area (Å²) in [5.41, 5.74) is 4.31. The molecule has 192 valence electrons. The zero-order valence-corrected chi connectivity index (χ0v) is 22.2. The smallest absolute Gasteiger partial charge is 0.265 e. The van der Waals surface area contributed by atoms with E-state index < -0.39 is 6.29 Å². The van der Waals surface area contributed by atoms with Crippen molar-refractivity contribution in [2.24, 2.45) is 0 Å². The lowest BCUT2D eigenvalue weighted by atomic mass is 10.1. The number of fused-ring (bicyclic) bond motifs is 1. The van der Waals surface area contributed by atoms with Gasteiger partial charge < -0.3 is 19.7 Å². The van der Waals surface area contributed by atoms with Crippen molar-refractivity contribution < 1.29 is 19.1 Å². The zero-order chi connectivity index (χ0) is 26.2. The van der Waals surface area contributed by atoms with Gasteiger partial charge in [-0.05, 0) is 56.2 Å². The number of carbonyl (C=O) groups excluding carboxylic acids is 2. The fraction of sp³-hybridized carbons (Fsp3) is 0.267. The van der Waals surface area contributed by atoms with Crippen molar-refractivity contribution in [2.45, 2.75) is 38.5 Å². The second kappa shape index (κ2) is 12.7. The van der Waals surface area contributed by atoms with E-state index in [2.05, 4.69) is 11.4 Å². The number of anilines is 1. The van der Waals surface area contributed by atoms with E-state index in [1.807, 2.05) is 81.4 Å². The molecule has 4 rings (SSSR count). The summed E-state index contributed by atoms with van der Waals surface area (Å²) < 4.78 is 11.1. The van der Waals surface area contributed by atoms with E-state index in [0.717, 1.165) is 27.3 Å². The number of rotatable bonds is 10. The number of hydrogen-bond donors (Lipinski definition) is 1. The van der Waals surface area contributed by atoms with E-state index in [-0.39, 0.29) is 18.4 Å². The molecule has 37 heavy (non-hydrogen) atoms. The molecule has 1 N–H and O–H groups in total. The number of nitrogens with zero attached hydrogens (tertiary/aromatic N) is 1. The van der Waals surface area contributed by atoms with Crippen LogP contribution in [0.2, 0.25) is 0 Å². The third-order valence-corrected chi connectivity index (χ3v) is 6.92. The van der Waals surface area contributed by atoms with Crippen molar-refractivity contribution in [3.63, 3.8) is 0 Å². The first-order valence-electron chi connectivity index (χ1n) is 12.5. The molecular formula is C30H32N2O4S. The standard InChI is InChI=1S/C30H32N2O4S/c1-4-35-28(36-5-2)19-31-29(33)24-14-15-26-25(18-24)32(20-23-13-9-10-21(3)16-23)30(34)27(37-26)17-22-11-7-6-8-12-22/h6-18,28H,4-5,19-20H2,1-3H3,(H,31,33)/b27-17-. The molecule has 0 saturated heterocycles. The number of thioether (sulfide) groups is 1. The molecule has 1 heterocycles. The van der Waals surface area contributed by atoms with Gasteiger partial charge in [0.15, 0.2) is 6.29 Å². The highest BCUT2D eigenvalue weighted by atomic mass is 32.2. The van der Waals surface area contributed by atoms with Crippen LogP contribution in [0.1, 0.15) is 40.9 Å². The number of amides is 2. The lowest BCUT2D eigenvalue weighted by molar-refractivity contribution is -0.131. The van der Waals surface area contributed by atoms with Crippen LogP contribution in [0, 0.1) is 6.92 Å². The Labute approximate surface area is 222 Å². The number of nitrogens with one attached hydrogen (secondary N) is 1. The van der Waals surface area contributed by atoms with Crippen molar-refractivity contribution in [3.8, 4) is 0 Å². The summed E-state index contributed by atoms with van der Waals surface area (Å²) in [6.07, 6.45) is 1.42. The molecule has 1 aliphatic rings. The first kappa shape index (κ1) is 26.7. The molecule has 6 nitrogen and oxygen atoms in total. The number of carbonyl (C=O) groups is 2. The average Bonchev–Trinajstić information content (AvgIpc) is 2.90.